The molecule has 0 aromatic heterocycles. The predicted octanol–water partition coefficient (Wildman–Crippen LogP) is 3.17. The summed E-state index contributed by atoms with van der Waals surface area (Å²) < 4.78 is 52.2. The van der Waals surface area contributed by atoms with Gasteiger partial charge in [-0.1, -0.05) is 24.3 Å². The third kappa shape index (κ3) is 6.20. The Balaban J connectivity index is 1.91. The third-order valence-corrected chi connectivity index (χ3v) is 6.16. The molecule has 5 nitrogen and oxygen atoms in total. The first kappa shape index (κ1) is 22.2. The van der Waals surface area contributed by atoms with Gasteiger partial charge in [0.2, 0.25) is 15.9 Å². The van der Waals surface area contributed by atoms with Crippen molar-refractivity contribution >= 4 is 33.4 Å². The van der Waals surface area contributed by atoms with Gasteiger partial charge in [0.15, 0.2) is 0 Å². The number of nitrogens with one attached hydrogen (secondary N) is 1. The zero-order chi connectivity index (χ0) is 20.7. The SMILES string of the molecule is CC(C(=O)NCCSCc1ccccc1F)N(c1cccc(F)c1)S(C)(=O)=O. The van der Waals surface area contributed by atoms with Crippen LogP contribution in [0.15, 0.2) is 48.5 Å². The molecule has 9 heteroatoms. The maximum absolute atomic E-state index is 13.6. The van der Waals surface area contributed by atoms with Gasteiger partial charge < -0.3 is 5.32 Å². The van der Waals surface area contributed by atoms with Crippen LogP contribution in [0.4, 0.5) is 14.5 Å². The molecular formula is C19H22F2N2O3S2. The topological polar surface area (TPSA) is 66.5 Å². The van der Waals surface area contributed by atoms with Crippen LogP contribution in [0.5, 0.6) is 0 Å². The van der Waals surface area contributed by atoms with Gasteiger partial charge in [0, 0.05) is 18.1 Å². The lowest BCUT2D eigenvalue weighted by atomic mass is 10.2. The minimum atomic E-state index is -3.80. The molecular weight excluding hydrogens is 406 g/mol. The van der Waals surface area contributed by atoms with Crippen LogP contribution in [0.2, 0.25) is 0 Å². The van der Waals surface area contributed by atoms with E-state index in [4.69, 9.17) is 0 Å². The summed E-state index contributed by atoms with van der Waals surface area (Å²) in [6.45, 7) is 1.73. The zero-order valence-electron chi connectivity index (χ0n) is 15.6. The molecule has 2 aromatic rings. The number of thioether (sulfide) groups is 1. The van der Waals surface area contributed by atoms with Crippen molar-refractivity contribution < 1.29 is 22.0 Å². The molecule has 0 heterocycles. The molecule has 152 valence electrons. The Bertz CT molecular complexity index is 923. The fourth-order valence-electron chi connectivity index (χ4n) is 2.61. The summed E-state index contributed by atoms with van der Waals surface area (Å²) in [4.78, 5) is 12.4. The van der Waals surface area contributed by atoms with Gasteiger partial charge in [0.05, 0.1) is 11.9 Å². The number of amides is 1. The number of nitrogens with zero attached hydrogens (tertiary/aromatic N) is 1. The van der Waals surface area contributed by atoms with Crippen molar-refractivity contribution in [2.75, 3.05) is 22.9 Å². The van der Waals surface area contributed by atoms with Gasteiger partial charge in [0.1, 0.15) is 17.7 Å². The number of carbonyl (C=O) groups excluding carboxylic acids is 1. The van der Waals surface area contributed by atoms with E-state index in [9.17, 15) is 22.0 Å². The molecule has 0 fully saturated rings. The molecule has 0 spiro atoms. The van der Waals surface area contributed by atoms with Crippen LogP contribution in [0, 0.1) is 11.6 Å². The standard InChI is InChI=1S/C19H22F2N2O3S2/c1-14(23(28(2,25)26)17-8-5-7-16(20)12-17)19(24)22-10-11-27-13-15-6-3-4-9-18(15)21/h3-9,12,14H,10-11,13H2,1-2H3,(H,22,24). The molecule has 0 saturated carbocycles. The second-order valence-corrected chi connectivity index (χ2v) is 9.11. The molecule has 2 aromatic carbocycles. The first-order valence-corrected chi connectivity index (χ1v) is 11.5. The molecule has 0 aliphatic carbocycles. The number of rotatable bonds is 9. The van der Waals surface area contributed by atoms with Gasteiger partial charge in [-0.3, -0.25) is 9.10 Å². The normalized spacial score (nSPS) is 12.4. The molecule has 1 amide bonds. The van der Waals surface area contributed by atoms with Gasteiger partial charge in [-0.15, -0.1) is 0 Å². The monoisotopic (exact) mass is 428 g/mol. The number of hydrogen-bond donors (Lipinski definition) is 1. The maximum Gasteiger partial charge on any atom is 0.243 e. The lowest BCUT2D eigenvalue weighted by Crippen LogP contribution is -2.48. The van der Waals surface area contributed by atoms with Gasteiger partial charge in [0.25, 0.3) is 0 Å². The van der Waals surface area contributed by atoms with E-state index < -0.39 is 27.8 Å². The first-order chi connectivity index (χ1) is 13.2. The van der Waals surface area contributed by atoms with Crippen molar-refractivity contribution in [3.05, 3.63) is 65.7 Å². The number of halogens is 2. The Hall–Kier alpha value is -2.13. The van der Waals surface area contributed by atoms with Crippen LogP contribution < -0.4 is 9.62 Å². The smallest absolute Gasteiger partial charge is 0.243 e. The fourth-order valence-corrected chi connectivity index (χ4v) is 4.63. The van der Waals surface area contributed by atoms with E-state index in [0.29, 0.717) is 23.6 Å². The van der Waals surface area contributed by atoms with Crippen molar-refractivity contribution in [1.82, 2.24) is 5.32 Å². The number of anilines is 1. The largest absolute Gasteiger partial charge is 0.353 e. The van der Waals surface area contributed by atoms with E-state index in [0.717, 1.165) is 16.6 Å². The van der Waals surface area contributed by atoms with Gasteiger partial charge in [-0.25, -0.2) is 17.2 Å². The molecule has 0 saturated heterocycles. The van der Waals surface area contributed by atoms with Crippen molar-refractivity contribution in [3.63, 3.8) is 0 Å². The van der Waals surface area contributed by atoms with Crippen molar-refractivity contribution in [2.24, 2.45) is 0 Å². The Morgan fingerprint density at radius 1 is 1.18 bits per heavy atom. The minimum Gasteiger partial charge on any atom is -0.353 e. The number of sulfonamides is 1. The van der Waals surface area contributed by atoms with Crippen LogP contribution in [0.25, 0.3) is 0 Å². The van der Waals surface area contributed by atoms with Crippen LogP contribution in [0.1, 0.15) is 12.5 Å². The first-order valence-electron chi connectivity index (χ1n) is 8.54. The Kier molecular flexibility index (Phi) is 7.82. The lowest BCUT2D eigenvalue weighted by molar-refractivity contribution is -0.121. The molecule has 2 rings (SSSR count). The molecule has 28 heavy (non-hydrogen) atoms. The van der Waals surface area contributed by atoms with Gasteiger partial charge in [-0.2, -0.15) is 11.8 Å². The van der Waals surface area contributed by atoms with Crippen LogP contribution in [-0.4, -0.2) is 38.9 Å². The molecule has 0 aliphatic rings. The van der Waals surface area contributed by atoms with E-state index in [2.05, 4.69) is 5.32 Å². The van der Waals surface area contributed by atoms with Gasteiger partial charge >= 0.3 is 0 Å². The third-order valence-electron chi connectivity index (χ3n) is 3.91. The van der Waals surface area contributed by atoms with E-state index in [1.807, 2.05) is 0 Å². The number of carbonyl (C=O) groups is 1. The highest BCUT2D eigenvalue weighted by atomic mass is 32.2. The molecule has 1 N–H and O–H groups in total. The summed E-state index contributed by atoms with van der Waals surface area (Å²) in [5.74, 6) is -0.362. The highest BCUT2D eigenvalue weighted by Crippen LogP contribution is 2.21. The summed E-state index contributed by atoms with van der Waals surface area (Å²) in [7, 11) is -3.80. The second kappa shape index (κ2) is 9.88. The summed E-state index contributed by atoms with van der Waals surface area (Å²) in [6, 6.07) is 10.5. The van der Waals surface area contributed by atoms with E-state index >= 15 is 0 Å². The van der Waals surface area contributed by atoms with E-state index in [1.165, 1.54) is 43.0 Å². The average Bonchev–Trinajstić information content (AvgIpc) is 2.61. The second-order valence-electron chi connectivity index (χ2n) is 6.15. The summed E-state index contributed by atoms with van der Waals surface area (Å²) in [5, 5.41) is 2.67. The van der Waals surface area contributed by atoms with E-state index in [1.54, 1.807) is 18.2 Å². The highest BCUT2D eigenvalue weighted by Gasteiger charge is 2.29. The van der Waals surface area contributed by atoms with Gasteiger partial charge in [-0.05, 0) is 36.8 Å². The number of hydrogen-bond acceptors (Lipinski definition) is 4. The highest BCUT2D eigenvalue weighted by molar-refractivity contribution is 7.98. The molecule has 0 radical (unpaired) electrons. The molecule has 1 atom stereocenters. The summed E-state index contributed by atoms with van der Waals surface area (Å²) >= 11 is 1.45. The fraction of sp³-hybridized carbons (Fsp3) is 0.316. The van der Waals surface area contributed by atoms with Crippen molar-refractivity contribution in [2.45, 2.75) is 18.7 Å². The summed E-state index contributed by atoms with van der Waals surface area (Å²) in [5.41, 5.74) is 0.667. The molecule has 0 aliphatic heterocycles. The predicted molar refractivity (Wildman–Crippen MR) is 109 cm³/mol. The molecule has 1 unspecified atom stereocenters. The average molecular weight is 429 g/mol. The van der Waals surface area contributed by atoms with Crippen LogP contribution >= 0.6 is 11.8 Å². The Labute approximate surface area is 168 Å². The quantitative estimate of drug-likeness (QED) is 0.623. The van der Waals surface area contributed by atoms with E-state index in [-0.39, 0.29) is 11.5 Å². The number of benzene rings is 2. The van der Waals surface area contributed by atoms with Crippen molar-refractivity contribution in [3.8, 4) is 0 Å². The Morgan fingerprint density at radius 3 is 2.54 bits per heavy atom. The maximum atomic E-state index is 13.6. The minimum absolute atomic E-state index is 0.0825. The van der Waals surface area contributed by atoms with Crippen molar-refractivity contribution in [1.29, 1.82) is 0 Å². The molecule has 0 bridgehead atoms. The Morgan fingerprint density at radius 2 is 1.89 bits per heavy atom. The van der Waals surface area contributed by atoms with Crippen LogP contribution in [-0.2, 0) is 20.6 Å². The lowest BCUT2D eigenvalue weighted by Gasteiger charge is -2.28. The zero-order valence-corrected chi connectivity index (χ0v) is 17.2. The van der Waals surface area contributed by atoms with Crippen LogP contribution in [0.3, 0.4) is 0 Å². The summed E-state index contributed by atoms with van der Waals surface area (Å²) in [6.07, 6.45) is 0.964.